The number of benzene rings is 1. The zero-order valence-corrected chi connectivity index (χ0v) is 11.2. The van der Waals surface area contributed by atoms with Crippen molar-refractivity contribution in [1.29, 1.82) is 0 Å². The lowest BCUT2D eigenvalue weighted by Gasteiger charge is -2.20. The Morgan fingerprint density at radius 3 is 2.56 bits per heavy atom. The van der Waals surface area contributed by atoms with Crippen molar-refractivity contribution in [2.24, 2.45) is 5.92 Å². The second-order valence-electron chi connectivity index (χ2n) is 4.20. The molecule has 0 spiro atoms. The zero-order valence-electron chi connectivity index (χ0n) is 9.65. The lowest BCUT2D eigenvalue weighted by atomic mass is 9.94. The molecule has 1 aromatic rings. The monoisotopic (exact) mass is 284 g/mol. The van der Waals surface area contributed by atoms with Gasteiger partial charge in [0.15, 0.2) is 0 Å². The molecule has 0 bridgehead atoms. The molecule has 1 fully saturated rings. The predicted octanol–water partition coefficient (Wildman–Crippen LogP) is 3.56. The Morgan fingerprint density at radius 1 is 1.38 bits per heavy atom. The smallest absolute Gasteiger partial charge is 0.118 e. The molecule has 88 valence electrons. The van der Waals surface area contributed by atoms with Gasteiger partial charge < -0.3 is 9.47 Å². The molecular weight excluding hydrogens is 268 g/mol. The average molecular weight is 285 g/mol. The van der Waals surface area contributed by atoms with E-state index in [4.69, 9.17) is 9.47 Å². The minimum absolute atomic E-state index is 0.339. The van der Waals surface area contributed by atoms with Crippen LogP contribution in [0.5, 0.6) is 5.75 Å². The maximum atomic E-state index is 5.60. The minimum atomic E-state index is 0.339. The molecule has 0 N–H and O–H groups in total. The van der Waals surface area contributed by atoms with Crippen molar-refractivity contribution in [2.45, 2.75) is 24.3 Å². The van der Waals surface area contributed by atoms with Gasteiger partial charge in [-0.15, -0.1) is 0 Å². The van der Waals surface area contributed by atoms with Crippen LogP contribution < -0.4 is 4.74 Å². The van der Waals surface area contributed by atoms with Gasteiger partial charge in [0.1, 0.15) is 5.75 Å². The summed E-state index contributed by atoms with van der Waals surface area (Å²) in [5.41, 5.74) is 1.29. The second kappa shape index (κ2) is 5.19. The van der Waals surface area contributed by atoms with Gasteiger partial charge in [0, 0.05) is 17.4 Å². The average Bonchev–Trinajstić information content (AvgIpc) is 2.75. The van der Waals surface area contributed by atoms with Gasteiger partial charge >= 0.3 is 0 Å². The van der Waals surface area contributed by atoms with Gasteiger partial charge in [-0.1, -0.05) is 28.1 Å². The summed E-state index contributed by atoms with van der Waals surface area (Å²) in [7, 11) is 1.69. The van der Waals surface area contributed by atoms with Crippen molar-refractivity contribution in [2.75, 3.05) is 13.7 Å². The van der Waals surface area contributed by atoms with Crippen molar-refractivity contribution in [1.82, 2.24) is 0 Å². The summed E-state index contributed by atoms with van der Waals surface area (Å²) in [6.45, 7) is 3.03. The van der Waals surface area contributed by atoms with Crippen LogP contribution in [-0.2, 0) is 4.74 Å². The van der Waals surface area contributed by atoms with Crippen LogP contribution in [0.1, 0.15) is 23.7 Å². The zero-order chi connectivity index (χ0) is 11.5. The summed E-state index contributed by atoms with van der Waals surface area (Å²) in [5, 5.41) is 0. The first-order chi connectivity index (χ1) is 7.72. The lowest BCUT2D eigenvalue weighted by Crippen LogP contribution is -2.16. The molecule has 1 aliphatic rings. The number of methoxy groups -OCH3 is 1. The Balaban J connectivity index is 2.10. The molecule has 0 amide bonds. The third kappa shape index (κ3) is 2.41. The van der Waals surface area contributed by atoms with Gasteiger partial charge in [0.25, 0.3) is 0 Å². The Kier molecular flexibility index (Phi) is 3.87. The van der Waals surface area contributed by atoms with Gasteiger partial charge in [-0.05, 0) is 31.0 Å². The van der Waals surface area contributed by atoms with Gasteiger partial charge in [-0.3, -0.25) is 0 Å². The molecule has 1 aliphatic heterocycles. The Morgan fingerprint density at radius 2 is 2.06 bits per heavy atom. The molecule has 0 aromatic heterocycles. The molecule has 1 heterocycles. The molecule has 1 aromatic carbocycles. The summed E-state index contributed by atoms with van der Waals surface area (Å²) < 4.78 is 10.8. The standard InChI is InChI=1S/C13H17BrO2/c1-9-12(7-8-16-9)13(14)10-3-5-11(15-2)6-4-10/h3-6,9,12-13H,7-8H2,1-2H3. The molecule has 0 radical (unpaired) electrons. The molecule has 0 aliphatic carbocycles. The van der Waals surface area contributed by atoms with Crippen LogP contribution in [0.25, 0.3) is 0 Å². The third-order valence-electron chi connectivity index (χ3n) is 3.25. The van der Waals surface area contributed by atoms with Gasteiger partial charge in [0.05, 0.1) is 13.2 Å². The third-order valence-corrected chi connectivity index (χ3v) is 4.45. The molecule has 16 heavy (non-hydrogen) atoms. The second-order valence-corrected chi connectivity index (χ2v) is 5.19. The van der Waals surface area contributed by atoms with E-state index in [9.17, 15) is 0 Å². The Labute approximate surface area is 105 Å². The van der Waals surface area contributed by atoms with Crippen molar-refractivity contribution in [3.8, 4) is 5.75 Å². The van der Waals surface area contributed by atoms with E-state index in [1.54, 1.807) is 7.11 Å². The van der Waals surface area contributed by atoms with E-state index < -0.39 is 0 Å². The quantitative estimate of drug-likeness (QED) is 0.791. The highest BCUT2D eigenvalue weighted by Gasteiger charge is 2.31. The first-order valence-corrected chi connectivity index (χ1v) is 6.53. The molecule has 2 nitrogen and oxygen atoms in total. The van der Waals surface area contributed by atoms with Crippen molar-refractivity contribution in [3.63, 3.8) is 0 Å². The van der Waals surface area contributed by atoms with E-state index in [1.807, 2.05) is 12.1 Å². The molecule has 1 saturated heterocycles. The van der Waals surface area contributed by atoms with Crippen LogP contribution in [0.2, 0.25) is 0 Å². The molecule has 2 rings (SSSR count). The van der Waals surface area contributed by atoms with Crippen molar-refractivity contribution in [3.05, 3.63) is 29.8 Å². The highest BCUT2D eigenvalue weighted by Crippen LogP contribution is 2.39. The number of alkyl halides is 1. The highest BCUT2D eigenvalue weighted by atomic mass is 79.9. The summed E-state index contributed by atoms with van der Waals surface area (Å²) in [6, 6.07) is 8.24. The number of hydrogen-bond acceptors (Lipinski definition) is 2. The van der Waals surface area contributed by atoms with E-state index in [0.717, 1.165) is 18.8 Å². The molecular formula is C13H17BrO2. The van der Waals surface area contributed by atoms with Gasteiger partial charge in [0.2, 0.25) is 0 Å². The molecule has 0 saturated carbocycles. The Hall–Kier alpha value is -0.540. The summed E-state index contributed by atoms with van der Waals surface area (Å²) in [4.78, 5) is 0.371. The topological polar surface area (TPSA) is 18.5 Å². The van der Waals surface area contributed by atoms with E-state index in [0.29, 0.717) is 16.8 Å². The first kappa shape index (κ1) is 11.9. The molecule has 3 heteroatoms. The number of hydrogen-bond donors (Lipinski definition) is 0. The summed E-state index contributed by atoms with van der Waals surface area (Å²) >= 11 is 3.78. The van der Waals surface area contributed by atoms with Crippen molar-refractivity contribution < 1.29 is 9.47 Å². The number of halogens is 1. The maximum Gasteiger partial charge on any atom is 0.118 e. The van der Waals surface area contributed by atoms with E-state index in [1.165, 1.54) is 5.56 Å². The van der Waals surface area contributed by atoms with E-state index >= 15 is 0 Å². The normalized spacial score (nSPS) is 26.7. The van der Waals surface area contributed by atoms with Crippen LogP contribution in [-0.4, -0.2) is 19.8 Å². The lowest BCUT2D eigenvalue weighted by molar-refractivity contribution is 0.105. The largest absolute Gasteiger partial charge is 0.497 e. The first-order valence-electron chi connectivity index (χ1n) is 5.62. The highest BCUT2D eigenvalue weighted by molar-refractivity contribution is 9.09. The van der Waals surface area contributed by atoms with Crippen LogP contribution in [0.15, 0.2) is 24.3 Å². The van der Waals surface area contributed by atoms with Crippen molar-refractivity contribution >= 4 is 15.9 Å². The molecule has 3 atom stereocenters. The maximum absolute atomic E-state index is 5.60. The van der Waals surface area contributed by atoms with Crippen LogP contribution in [0.3, 0.4) is 0 Å². The van der Waals surface area contributed by atoms with Gasteiger partial charge in [-0.25, -0.2) is 0 Å². The predicted molar refractivity (Wildman–Crippen MR) is 68.2 cm³/mol. The van der Waals surface area contributed by atoms with Crippen LogP contribution in [0.4, 0.5) is 0 Å². The fourth-order valence-corrected chi connectivity index (χ4v) is 3.17. The number of ether oxygens (including phenoxy) is 2. The van der Waals surface area contributed by atoms with Crippen LogP contribution >= 0.6 is 15.9 Å². The van der Waals surface area contributed by atoms with Gasteiger partial charge in [-0.2, -0.15) is 0 Å². The minimum Gasteiger partial charge on any atom is -0.497 e. The van der Waals surface area contributed by atoms with Crippen LogP contribution in [0, 0.1) is 5.92 Å². The Bertz CT molecular complexity index is 336. The molecule has 3 unspecified atom stereocenters. The fourth-order valence-electron chi connectivity index (χ4n) is 2.17. The van der Waals surface area contributed by atoms with E-state index in [2.05, 4.69) is 35.0 Å². The number of rotatable bonds is 3. The SMILES string of the molecule is COc1ccc(C(Br)C2CCOC2C)cc1. The fraction of sp³-hybridized carbons (Fsp3) is 0.538. The summed E-state index contributed by atoms with van der Waals surface area (Å²) in [5.74, 6) is 1.47. The summed E-state index contributed by atoms with van der Waals surface area (Å²) in [6.07, 6.45) is 1.47. The van der Waals surface area contributed by atoms with E-state index in [-0.39, 0.29) is 0 Å².